The third kappa shape index (κ3) is 6.81. The van der Waals surface area contributed by atoms with Gasteiger partial charge in [-0.2, -0.15) is 0 Å². The number of urea groups is 1. The number of carbonyl (C=O) groups excluding carboxylic acids is 1. The Morgan fingerprint density at radius 1 is 1.35 bits per heavy atom. The van der Waals surface area contributed by atoms with Crippen LogP contribution in [0.25, 0.3) is 0 Å². The van der Waals surface area contributed by atoms with Gasteiger partial charge in [-0.25, -0.2) is 4.79 Å². The standard InChI is InChI=1S/C12H24N2O3/c1-5-6-7-10(3)13-12(17)14(4)8-9(2)11(15)16/h9-10H,5-8H2,1-4H3,(H,13,17)(H,15,16). The molecule has 17 heavy (non-hydrogen) atoms. The molecule has 0 heterocycles. The summed E-state index contributed by atoms with van der Waals surface area (Å²) < 4.78 is 0. The van der Waals surface area contributed by atoms with Gasteiger partial charge >= 0.3 is 12.0 Å². The van der Waals surface area contributed by atoms with Crippen molar-refractivity contribution in [2.24, 2.45) is 5.92 Å². The van der Waals surface area contributed by atoms with E-state index in [0.29, 0.717) is 0 Å². The summed E-state index contributed by atoms with van der Waals surface area (Å²) in [5.74, 6) is -1.43. The molecule has 0 spiro atoms. The minimum atomic E-state index is -0.885. The van der Waals surface area contributed by atoms with Crippen LogP contribution in [0.15, 0.2) is 0 Å². The fourth-order valence-corrected chi connectivity index (χ4v) is 1.48. The van der Waals surface area contributed by atoms with Gasteiger partial charge in [-0.05, 0) is 13.3 Å². The van der Waals surface area contributed by atoms with E-state index in [4.69, 9.17) is 5.11 Å². The molecule has 0 saturated carbocycles. The molecule has 0 rings (SSSR count). The summed E-state index contributed by atoms with van der Waals surface area (Å²) in [6.07, 6.45) is 3.13. The second-order valence-corrected chi connectivity index (χ2v) is 4.61. The first-order valence-corrected chi connectivity index (χ1v) is 6.12. The molecule has 0 aliphatic carbocycles. The Hall–Kier alpha value is -1.26. The van der Waals surface area contributed by atoms with Gasteiger partial charge < -0.3 is 15.3 Å². The van der Waals surface area contributed by atoms with Crippen molar-refractivity contribution in [3.63, 3.8) is 0 Å². The molecule has 5 heteroatoms. The fraction of sp³-hybridized carbons (Fsp3) is 0.833. The molecule has 100 valence electrons. The van der Waals surface area contributed by atoms with E-state index in [2.05, 4.69) is 12.2 Å². The summed E-state index contributed by atoms with van der Waals surface area (Å²) in [5.41, 5.74) is 0. The molecule has 2 N–H and O–H groups in total. The second kappa shape index (κ2) is 7.92. The third-order valence-electron chi connectivity index (χ3n) is 2.68. The van der Waals surface area contributed by atoms with Crippen LogP contribution in [0.3, 0.4) is 0 Å². The highest BCUT2D eigenvalue weighted by Crippen LogP contribution is 2.02. The first-order valence-electron chi connectivity index (χ1n) is 6.12. The van der Waals surface area contributed by atoms with E-state index < -0.39 is 11.9 Å². The van der Waals surface area contributed by atoms with Crippen molar-refractivity contribution < 1.29 is 14.7 Å². The Labute approximate surface area is 103 Å². The molecule has 0 saturated heterocycles. The molecular weight excluding hydrogens is 220 g/mol. The number of amides is 2. The lowest BCUT2D eigenvalue weighted by Gasteiger charge is -2.22. The number of nitrogens with one attached hydrogen (secondary N) is 1. The molecule has 2 amide bonds. The zero-order valence-corrected chi connectivity index (χ0v) is 11.2. The van der Waals surface area contributed by atoms with Gasteiger partial charge in [0.05, 0.1) is 5.92 Å². The van der Waals surface area contributed by atoms with Gasteiger partial charge in [-0.15, -0.1) is 0 Å². The molecule has 2 atom stereocenters. The predicted octanol–water partition coefficient (Wildman–Crippen LogP) is 1.93. The molecule has 0 aromatic heterocycles. The van der Waals surface area contributed by atoms with Crippen LogP contribution in [0.5, 0.6) is 0 Å². The van der Waals surface area contributed by atoms with E-state index in [1.807, 2.05) is 6.92 Å². The Balaban J connectivity index is 4.00. The van der Waals surface area contributed by atoms with Crippen molar-refractivity contribution in [3.8, 4) is 0 Å². The van der Waals surface area contributed by atoms with E-state index in [-0.39, 0.29) is 18.6 Å². The maximum atomic E-state index is 11.7. The van der Waals surface area contributed by atoms with Crippen LogP contribution < -0.4 is 5.32 Å². The quantitative estimate of drug-likeness (QED) is 0.719. The molecule has 0 aromatic carbocycles. The van der Waals surface area contributed by atoms with Crippen molar-refractivity contribution in [3.05, 3.63) is 0 Å². The van der Waals surface area contributed by atoms with Gasteiger partial charge in [0, 0.05) is 19.6 Å². The summed E-state index contributed by atoms with van der Waals surface area (Å²) in [6, 6.07) is -0.0771. The van der Waals surface area contributed by atoms with Gasteiger partial charge in [0.2, 0.25) is 0 Å². The Kier molecular flexibility index (Phi) is 7.34. The van der Waals surface area contributed by atoms with Crippen molar-refractivity contribution >= 4 is 12.0 Å². The van der Waals surface area contributed by atoms with Crippen molar-refractivity contribution in [2.75, 3.05) is 13.6 Å². The van der Waals surface area contributed by atoms with Crippen LogP contribution in [0.1, 0.15) is 40.0 Å². The van der Waals surface area contributed by atoms with Gasteiger partial charge in [0.15, 0.2) is 0 Å². The normalized spacial score (nSPS) is 13.9. The number of hydrogen-bond donors (Lipinski definition) is 2. The van der Waals surface area contributed by atoms with Crippen molar-refractivity contribution in [1.82, 2.24) is 10.2 Å². The molecule has 0 aliphatic rings. The molecule has 0 aliphatic heterocycles. The smallest absolute Gasteiger partial charge is 0.317 e. The van der Waals surface area contributed by atoms with Crippen LogP contribution in [0.2, 0.25) is 0 Å². The highest BCUT2D eigenvalue weighted by Gasteiger charge is 2.18. The van der Waals surface area contributed by atoms with Crippen LogP contribution in [0.4, 0.5) is 4.79 Å². The molecule has 0 aromatic rings. The summed E-state index contributed by atoms with van der Waals surface area (Å²) >= 11 is 0. The molecule has 0 fully saturated rings. The summed E-state index contributed by atoms with van der Waals surface area (Å²) in [4.78, 5) is 23.8. The average molecular weight is 244 g/mol. The van der Waals surface area contributed by atoms with Gasteiger partial charge in [-0.3, -0.25) is 4.79 Å². The monoisotopic (exact) mass is 244 g/mol. The molecule has 5 nitrogen and oxygen atoms in total. The SMILES string of the molecule is CCCCC(C)NC(=O)N(C)CC(C)C(=O)O. The highest BCUT2D eigenvalue weighted by atomic mass is 16.4. The lowest BCUT2D eigenvalue weighted by Crippen LogP contribution is -2.44. The van der Waals surface area contributed by atoms with Crippen LogP contribution in [0, 0.1) is 5.92 Å². The lowest BCUT2D eigenvalue weighted by molar-refractivity contribution is -0.141. The van der Waals surface area contributed by atoms with E-state index in [1.165, 1.54) is 4.90 Å². The third-order valence-corrected chi connectivity index (χ3v) is 2.68. The topological polar surface area (TPSA) is 69.6 Å². The number of unbranched alkanes of at least 4 members (excludes halogenated alkanes) is 1. The number of carboxylic acids is 1. The zero-order valence-electron chi connectivity index (χ0n) is 11.2. The number of nitrogens with zero attached hydrogens (tertiary/aromatic N) is 1. The summed E-state index contributed by atoms with van der Waals surface area (Å²) in [5, 5.41) is 11.6. The van der Waals surface area contributed by atoms with Gasteiger partial charge in [0.1, 0.15) is 0 Å². The first kappa shape index (κ1) is 15.7. The van der Waals surface area contributed by atoms with Crippen LogP contribution >= 0.6 is 0 Å². The number of carboxylic acid groups (broad SMARTS) is 1. The minimum absolute atomic E-state index is 0.130. The van der Waals surface area contributed by atoms with E-state index >= 15 is 0 Å². The Morgan fingerprint density at radius 3 is 2.41 bits per heavy atom. The fourth-order valence-electron chi connectivity index (χ4n) is 1.48. The van der Waals surface area contributed by atoms with E-state index in [9.17, 15) is 9.59 Å². The minimum Gasteiger partial charge on any atom is -0.481 e. The largest absolute Gasteiger partial charge is 0.481 e. The van der Waals surface area contributed by atoms with Crippen LogP contribution in [-0.4, -0.2) is 41.6 Å². The Morgan fingerprint density at radius 2 is 1.94 bits per heavy atom. The Bertz CT molecular complexity index is 256. The van der Waals surface area contributed by atoms with Gasteiger partial charge in [-0.1, -0.05) is 26.7 Å². The van der Waals surface area contributed by atoms with Gasteiger partial charge in [0.25, 0.3) is 0 Å². The number of carbonyl (C=O) groups is 2. The summed E-state index contributed by atoms with van der Waals surface area (Å²) in [7, 11) is 1.61. The van der Waals surface area contributed by atoms with Crippen molar-refractivity contribution in [1.29, 1.82) is 0 Å². The maximum absolute atomic E-state index is 11.7. The van der Waals surface area contributed by atoms with E-state index in [0.717, 1.165) is 19.3 Å². The van der Waals surface area contributed by atoms with Crippen LogP contribution in [-0.2, 0) is 4.79 Å². The maximum Gasteiger partial charge on any atom is 0.317 e. The molecular formula is C12H24N2O3. The van der Waals surface area contributed by atoms with E-state index in [1.54, 1.807) is 14.0 Å². The molecule has 0 bridgehead atoms. The molecule has 0 radical (unpaired) electrons. The first-order chi connectivity index (χ1) is 7.88. The zero-order chi connectivity index (χ0) is 13.4. The average Bonchev–Trinajstić information content (AvgIpc) is 2.25. The van der Waals surface area contributed by atoms with Crippen molar-refractivity contribution in [2.45, 2.75) is 46.1 Å². The summed E-state index contributed by atoms with van der Waals surface area (Å²) in [6.45, 7) is 5.88. The number of rotatable bonds is 7. The predicted molar refractivity (Wildman–Crippen MR) is 66.9 cm³/mol. The number of aliphatic carboxylic acids is 1. The number of hydrogen-bond acceptors (Lipinski definition) is 2. The molecule has 2 unspecified atom stereocenters. The second-order valence-electron chi connectivity index (χ2n) is 4.61. The highest BCUT2D eigenvalue weighted by molar-refractivity contribution is 5.75. The lowest BCUT2D eigenvalue weighted by atomic mass is 10.1.